The molecule has 10 nitrogen and oxygen atoms in total. The summed E-state index contributed by atoms with van der Waals surface area (Å²) in [4.78, 5) is 48.7. The van der Waals surface area contributed by atoms with Crippen molar-refractivity contribution in [2.75, 3.05) is 0 Å². The predicted octanol–water partition coefficient (Wildman–Crippen LogP) is 3.39. The van der Waals surface area contributed by atoms with E-state index in [-0.39, 0.29) is 54.6 Å². The largest absolute Gasteiger partial charge is 2.00 e. The number of rotatable bonds is 11. The summed E-state index contributed by atoms with van der Waals surface area (Å²) in [5, 5.41) is 37.0. The molecule has 0 aliphatic carbocycles. The maximum Gasteiger partial charge on any atom is 2.00 e. The molecular formula is C33H30FeN4O6-2. The predicted molar refractivity (Wildman–Crippen MR) is 160 cm³/mol. The van der Waals surface area contributed by atoms with Crippen LogP contribution < -0.4 is 15.2 Å². The number of carboxylic acids is 2. The van der Waals surface area contributed by atoms with E-state index >= 15 is 0 Å². The Balaban J connectivity index is 0.00000529. The molecule has 0 bridgehead atoms. The van der Waals surface area contributed by atoms with Crippen molar-refractivity contribution in [1.82, 2.24) is 4.98 Å². The van der Waals surface area contributed by atoms with Crippen molar-refractivity contribution in [3.05, 3.63) is 110 Å². The van der Waals surface area contributed by atoms with E-state index < -0.39 is 11.9 Å². The summed E-state index contributed by atoms with van der Waals surface area (Å²) in [6, 6.07) is 0. The molecule has 1 N–H and O–H groups in total. The molecule has 0 spiro atoms. The zero-order chi connectivity index (χ0) is 31.6. The van der Waals surface area contributed by atoms with Crippen LogP contribution >= 0.6 is 0 Å². The Labute approximate surface area is 265 Å². The van der Waals surface area contributed by atoms with Crippen LogP contribution in [0, 0.1) is 6.92 Å². The molecule has 0 unspecified atom stereocenters. The number of carboxylic acid groups (broad SMARTS) is 2. The Morgan fingerprint density at radius 1 is 0.841 bits per heavy atom. The molecule has 0 radical (unpaired) electrons. The second-order valence-corrected chi connectivity index (χ2v) is 10.3. The first-order valence-electron chi connectivity index (χ1n) is 13.6. The molecule has 0 saturated carbocycles. The van der Waals surface area contributed by atoms with Crippen molar-refractivity contribution in [3.63, 3.8) is 0 Å². The first-order valence-corrected chi connectivity index (χ1v) is 13.6. The van der Waals surface area contributed by atoms with Gasteiger partial charge in [-0.05, 0) is 87.3 Å². The fourth-order valence-corrected chi connectivity index (χ4v) is 5.13. The summed E-state index contributed by atoms with van der Waals surface area (Å²) < 4.78 is 0. The number of aliphatic hydroxyl groups is 1. The summed E-state index contributed by atoms with van der Waals surface area (Å²) in [7, 11) is 0. The number of hydrogen-bond donors (Lipinski definition) is 1. The molecule has 0 aromatic carbocycles. The number of aliphatic hydroxyl groups excluding tert-OH is 1. The average molecular weight is 634 g/mol. The first-order chi connectivity index (χ1) is 20.4. The van der Waals surface area contributed by atoms with E-state index in [1.54, 1.807) is 45.1 Å². The fraction of sp³-hybridized carbons (Fsp3) is 0.242. The van der Waals surface area contributed by atoms with Gasteiger partial charge in [0.05, 0.1) is 23.0 Å². The van der Waals surface area contributed by atoms with Crippen LogP contribution in [-0.2, 0) is 37.9 Å². The molecule has 0 atom stereocenters. The molecule has 228 valence electrons. The van der Waals surface area contributed by atoms with Gasteiger partial charge in [-0.25, -0.2) is 9.98 Å². The molecule has 1 aromatic rings. The van der Waals surface area contributed by atoms with E-state index in [0.29, 0.717) is 73.2 Å². The molecule has 3 aliphatic rings. The number of aromatic nitrogens is 1. The Hall–Kier alpha value is -4.73. The van der Waals surface area contributed by atoms with Gasteiger partial charge >= 0.3 is 17.1 Å². The van der Waals surface area contributed by atoms with Crippen molar-refractivity contribution in [1.29, 1.82) is 0 Å². The number of hydrogen-bond acceptors (Lipinski definition) is 7. The Bertz CT molecular complexity index is 1740. The van der Waals surface area contributed by atoms with Crippen LogP contribution in [0.1, 0.15) is 62.5 Å². The van der Waals surface area contributed by atoms with Gasteiger partial charge < -0.3 is 40.0 Å². The molecule has 4 heterocycles. The van der Waals surface area contributed by atoms with Crippen molar-refractivity contribution in [2.24, 2.45) is 9.98 Å². The summed E-state index contributed by atoms with van der Waals surface area (Å²) in [5.74, 6) is -2.95. The van der Waals surface area contributed by atoms with E-state index in [1.165, 1.54) is 6.08 Å². The molecule has 1 aromatic heterocycles. The number of nitrogens with zero attached hydrogens (tertiary/aromatic N) is 4. The zero-order valence-electron chi connectivity index (χ0n) is 24.8. The van der Waals surface area contributed by atoms with Crippen LogP contribution in [0.25, 0.3) is 17.5 Å². The van der Waals surface area contributed by atoms with E-state index in [9.17, 15) is 29.7 Å². The van der Waals surface area contributed by atoms with Crippen LogP contribution in [0.4, 0.5) is 0 Å². The van der Waals surface area contributed by atoms with E-state index in [1.807, 2.05) is 6.92 Å². The van der Waals surface area contributed by atoms with E-state index in [2.05, 4.69) is 23.5 Å². The van der Waals surface area contributed by atoms with Gasteiger partial charge in [-0.2, -0.15) is 0 Å². The third kappa shape index (κ3) is 6.74. The van der Waals surface area contributed by atoms with Gasteiger partial charge in [0, 0.05) is 17.5 Å². The number of amides is 1. The zero-order valence-corrected chi connectivity index (χ0v) is 25.9. The van der Waals surface area contributed by atoms with Crippen molar-refractivity contribution < 1.29 is 46.8 Å². The SMILES string of the molecule is C=CC1=C(C)/C(=C/C2=NC(=C\c3[n-]c(/C=C4\[N-]C(=O)C(C)=C4C=C)c(C)c3CCC(=O)[O-])/C(CCC(=O)[O-])=C2C)N=C1O.[Fe+2]. The minimum atomic E-state index is -1.22. The number of carbonyl (C=O) groups is 3. The fourth-order valence-electron chi connectivity index (χ4n) is 5.13. The summed E-state index contributed by atoms with van der Waals surface area (Å²) in [5.41, 5.74) is 7.83. The number of allylic oxidation sites excluding steroid dienone is 5. The van der Waals surface area contributed by atoms with Crippen molar-refractivity contribution >= 4 is 41.6 Å². The second kappa shape index (κ2) is 13.7. The van der Waals surface area contributed by atoms with E-state index in [4.69, 9.17) is 9.98 Å². The van der Waals surface area contributed by atoms with Crippen LogP contribution in [0.2, 0.25) is 0 Å². The van der Waals surface area contributed by atoms with Gasteiger partial charge in [0.2, 0.25) is 5.90 Å². The maximum atomic E-state index is 12.2. The molecule has 3 aliphatic heterocycles. The van der Waals surface area contributed by atoms with Crippen LogP contribution in [0.5, 0.6) is 0 Å². The van der Waals surface area contributed by atoms with Gasteiger partial charge in [0.25, 0.3) is 0 Å². The molecule has 4 rings (SSSR count). The number of carbonyl (C=O) groups excluding carboxylic acids is 3. The molecule has 1 amide bonds. The maximum absolute atomic E-state index is 12.2. The monoisotopic (exact) mass is 634 g/mol. The quantitative estimate of drug-likeness (QED) is 0.364. The minimum absolute atomic E-state index is 0. The molecule has 0 saturated heterocycles. The standard InChI is InChI=1S/C33H34N4O6.Fe/c1-7-20-19(6)32(42)37-27(20)14-25-18(5)23(10-12-31(40)41)29(35-25)15-28-22(9-11-30(38)39)17(4)24(34-28)13-26-16(3)21(8-2)33(43)36-26;/h7-8,13-15H,1-2,9-12H2,3-6H3,(H5,34,35,36,37,38,39,40,41,42,43);/q;+2/p-4. The van der Waals surface area contributed by atoms with Crippen LogP contribution in [0.15, 0.2) is 91.9 Å². The topological polar surface area (TPSA) is 170 Å². The number of aliphatic imine (C=N–C) groups is 2. The number of aliphatic carboxylic acids is 2. The summed E-state index contributed by atoms with van der Waals surface area (Å²) in [6.45, 7) is 14.6. The van der Waals surface area contributed by atoms with Crippen LogP contribution in [-0.4, -0.2) is 34.6 Å². The van der Waals surface area contributed by atoms with Crippen molar-refractivity contribution in [3.8, 4) is 0 Å². The smallest absolute Gasteiger partial charge is 0.657 e. The summed E-state index contributed by atoms with van der Waals surface area (Å²) >= 11 is 0. The van der Waals surface area contributed by atoms with Crippen molar-refractivity contribution in [2.45, 2.75) is 53.4 Å². The van der Waals surface area contributed by atoms with E-state index in [0.717, 1.165) is 5.57 Å². The third-order valence-corrected chi connectivity index (χ3v) is 7.64. The Morgan fingerprint density at radius 2 is 1.48 bits per heavy atom. The Kier molecular flexibility index (Phi) is 10.5. The van der Waals surface area contributed by atoms with Gasteiger partial charge in [0.1, 0.15) is 0 Å². The third-order valence-electron chi connectivity index (χ3n) is 7.64. The average Bonchev–Trinajstić information content (AvgIpc) is 3.59. The van der Waals surface area contributed by atoms with Crippen LogP contribution in [0.3, 0.4) is 0 Å². The van der Waals surface area contributed by atoms with Gasteiger partial charge in [-0.1, -0.05) is 48.6 Å². The normalized spacial score (nSPS) is 19.2. The second-order valence-electron chi connectivity index (χ2n) is 10.3. The first kappa shape index (κ1) is 33.8. The van der Waals surface area contributed by atoms with Gasteiger partial charge in [0.15, 0.2) is 0 Å². The Morgan fingerprint density at radius 3 is 2.07 bits per heavy atom. The molecule has 44 heavy (non-hydrogen) atoms. The van der Waals surface area contributed by atoms with Gasteiger partial charge in [-0.3, -0.25) is 0 Å². The molecule has 11 heteroatoms. The minimum Gasteiger partial charge on any atom is -0.657 e. The molecule has 0 fully saturated rings. The van der Waals surface area contributed by atoms with Gasteiger partial charge in [-0.15, -0.1) is 17.1 Å². The summed E-state index contributed by atoms with van der Waals surface area (Å²) in [6.07, 6.45) is 7.90. The molecular weight excluding hydrogens is 604 g/mol.